The topological polar surface area (TPSA) is 50.9 Å². The van der Waals surface area contributed by atoms with Crippen LogP contribution in [0.2, 0.25) is 0 Å². The minimum atomic E-state index is -0.294. The minimum Gasteiger partial charge on any atom is -0.393 e. The lowest BCUT2D eigenvalue weighted by atomic mass is 10.0. The maximum Gasteiger partial charge on any atom is 0.147 e. The molecule has 2 atom stereocenters. The molecule has 4 heteroatoms. The second kappa shape index (κ2) is 3.87. The number of rotatable bonds is 3. The predicted molar refractivity (Wildman–Crippen MR) is 50.3 cm³/mol. The van der Waals surface area contributed by atoms with E-state index in [2.05, 4.69) is 10.1 Å². The molecule has 0 radical (unpaired) electrons. The highest BCUT2D eigenvalue weighted by Gasteiger charge is 2.13. The summed E-state index contributed by atoms with van der Waals surface area (Å²) < 4.78 is 1.77. The zero-order chi connectivity index (χ0) is 10.0. The van der Waals surface area contributed by atoms with E-state index >= 15 is 0 Å². The molecular weight excluding hydrogens is 166 g/mol. The third-order valence-electron chi connectivity index (χ3n) is 2.29. The molecular formula is C9H17N3O. The molecule has 0 amide bonds. The summed E-state index contributed by atoms with van der Waals surface area (Å²) in [6.45, 7) is 5.68. The normalized spacial score (nSPS) is 15.8. The number of aliphatic hydroxyl groups excluding tert-OH is 1. The summed E-state index contributed by atoms with van der Waals surface area (Å²) in [6, 6.07) is 0. The van der Waals surface area contributed by atoms with Crippen LogP contribution in [-0.4, -0.2) is 26.0 Å². The Bertz CT molecular complexity index is 280. The van der Waals surface area contributed by atoms with Crippen LogP contribution in [0.3, 0.4) is 0 Å². The highest BCUT2D eigenvalue weighted by Crippen LogP contribution is 2.09. The molecule has 0 saturated heterocycles. The first-order valence-electron chi connectivity index (χ1n) is 4.55. The second-order valence-electron chi connectivity index (χ2n) is 3.62. The predicted octanol–water partition coefficient (Wildman–Crippen LogP) is 0.683. The number of nitrogens with zero attached hydrogens (tertiary/aromatic N) is 3. The van der Waals surface area contributed by atoms with Crippen LogP contribution in [0.1, 0.15) is 25.5 Å². The Balaban J connectivity index is 2.68. The Morgan fingerprint density at radius 1 is 1.46 bits per heavy atom. The van der Waals surface area contributed by atoms with Crippen molar-refractivity contribution in [2.24, 2.45) is 13.0 Å². The van der Waals surface area contributed by atoms with Crippen molar-refractivity contribution >= 4 is 0 Å². The summed E-state index contributed by atoms with van der Waals surface area (Å²) in [5, 5.41) is 13.5. The van der Waals surface area contributed by atoms with Crippen LogP contribution in [0.4, 0.5) is 0 Å². The van der Waals surface area contributed by atoms with Crippen molar-refractivity contribution in [1.82, 2.24) is 14.8 Å². The molecule has 0 aromatic carbocycles. The average Bonchev–Trinajstić information content (AvgIpc) is 2.30. The molecule has 2 unspecified atom stereocenters. The van der Waals surface area contributed by atoms with Gasteiger partial charge in [-0.3, -0.25) is 4.68 Å². The summed E-state index contributed by atoms with van der Waals surface area (Å²) in [5.74, 6) is 1.95. The molecule has 0 bridgehead atoms. The van der Waals surface area contributed by atoms with E-state index in [1.807, 2.05) is 20.9 Å². The fraction of sp³-hybridized carbons (Fsp3) is 0.778. The molecule has 0 saturated carbocycles. The number of hydrogen-bond donors (Lipinski definition) is 1. The maximum absolute atomic E-state index is 9.32. The van der Waals surface area contributed by atoms with Crippen LogP contribution >= 0.6 is 0 Å². The van der Waals surface area contributed by atoms with E-state index < -0.39 is 0 Å². The van der Waals surface area contributed by atoms with Gasteiger partial charge in [0.1, 0.15) is 11.6 Å². The zero-order valence-corrected chi connectivity index (χ0v) is 8.65. The number of aliphatic hydroxyl groups is 1. The van der Waals surface area contributed by atoms with Gasteiger partial charge in [-0.2, -0.15) is 5.10 Å². The largest absolute Gasteiger partial charge is 0.393 e. The smallest absolute Gasteiger partial charge is 0.147 e. The summed E-state index contributed by atoms with van der Waals surface area (Å²) in [7, 11) is 1.88. The Kier molecular flexibility index (Phi) is 3.03. The third kappa shape index (κ3) is 2.52. The van der Waals surface area contributed by atoms with E-state index in [-0.39, 0.29) is 12.0 Å². The van der Waals surface area contributed by atoms with Crippen molar-refractivity contribution in [3.05, 3.63) is 11.6 Å². The molecule has 0 spiro atoms. The van der Waals surface area contributed by atoms with Crippen LogP contribution in [0.5, 0.6) is 0 Å². The Labute approximate surface area is 78.6 Å². The van der Waals surface area contributed by atoms with Gasteiger partial charge in [0.05, 0.1) is 6.10 Å². The number of aromatic nitrogens is 3. The lowest BCUT2D eigenvalue weighted by molar-refractivity contribution is 0.133. The van der Waals surface area contributed by atoms with Crippen LogP contribution < -0.4 is 0 Å². The van der Waals surface area contributed by atoms with Gasteiger partial charge in [-0.1, -0.05) is 6.92 Å². The van der Waals surface area contributed by atoms with Crippen LogP contribution in [-0.2, 0) is 13.5 Å². The van der Waals surface area contributed by atoms with Crippen LogP contribution in [0, 0.1) is 12.8 Å². The van der Waals surface area contributed by atoms with E-state index in [0.717, 1.165) is 18.1 Å². The van der Waals surface area contributed by atoms with Gasteiger partial charge in [0.15, 0.2) is 0 Å². The minimum absolute atomic E-state index is 0.224. The number of aryl methyl sites for hydroxylation is 2. The molecule has 4 nitrogen and oxygen atoms in total. The first-order valence-corrected chi connectivity index (χ1v) is 4.55. The zero-order valence-electron chi connectivity index (χ0n) is 8.65. The molecule has 0 aliphatic carbocycles. The Morgan fingerprint density at radius 2 is 2.08 bits per heavy atom. The molecule has 1 aromatic heterocycles. The highest BCUT2D eigenvalue weighted by molar-refractivity contribution is 4.92. The molecule has 13 heavy (non-hydrogen) atoms. The average molecular weight is 183 g/mol. The molecule has 1 N–H and O–H groups in total. The number of hydrogen-bond acceptors (Lipinski definition) is 3. The Hall–Kier alpha value is -0.900. The van der Waals surface area contributed by atoms with Gasteiger partial charge in [0.2, 0.25) is 0 Å². The van der Waals surface area contributed by atoms with Gasteiger partial charge in [-0.05, 0) is 19.8 Å². The molecule has 0 aliphatic rings. The lowest BCUT2D eigenvalue weighted by Gasteiger charge is -2.12. The summed E-state index contributed by atoms with van der Waals surface area (Å²) >= 11 is 0. The van der Waals surface area contributed by atoms with Gasteiger partial charge in [-0.25, -0.2) is 4.98 Å². The third-order valence-corrected chi connectivity index (χ3v) is 2.29. The first-order chi connectivity index (χ1) is 6.00. The van der Waals surface area contributed by atoms with E-state index in [1.165, 1.54) is 0 Å². The van der Waals surface area contributed by atoms with Gasteiger partial charge >= 0.3 is 0 Å². The summed E-state index contributed by atoms with van der Waals surface area (Å²) in [4.78, 5) is 4.27. The van der Waals surface area contributed by atoms with Crippen molar-refractivity contribution in [3.63, 3.8) is 0 Å². The quantitative estimate of drug-likeness (QED) is 0.749. The monoisotopic (exact) mass is 183 g/mol. The fourth-order valence-corrected chi connectivity index (χ4v) is 1.19. The van der Waals surface area contributed by atoms with Gasteiger partial charge in [0.25, 0.3) is 0 Å². The molecule has 1 rings (SSSR count). The molecule has 0 fully saturated rings. The lowest BCUT2D eigenvalue weighted by Crippen LogP contribution is -2.17. The van der Waals surface area contributed by atoms with E-state index in [0.29, 0.717) is 0 Å². The van der Waals surface area contributed by atoms with Crippen LogP contribution in [0.25, 0.3) is 0 Å². The fourth-order valence-electron chi connectivity index (χ4n) is 1.19. The summed E-state index contributed by atoms with van der Waals surface area (Å²) in [6.07, 6.45) is 0.478. The maximum atomic E-state index is 9.32. The molecule has 0 aliphatic heterocycles. The van der Waals surface area contributed by atoms with E-state index in [1.54, 1.807) is 11.6 Å². The highest BCUT2D eigenvalue weighted by atomic mass is 16.3. The van der Waals surface area contributed by atoms with Crippen molar-refractivity contribution in [3.8, 4) is 0 Å². The van der Waals surface area contributed by atoms with Crippen molar-refractivity contribution < 1.29 is 5.11 Å². The standard InChI is InChI=1S/C9H17N3O/c1-6(7(2)13)5-9-10-8(3)11-12(9)4/h6-7,13H,5H2,1-4H3. The molecule has 74 valence electrons. The SMILES string of the molecule is Cc1nc(CC(C)C(C)O)n(C)n1. The van der Waals surface area contributed by atoms with Crippen LogP contribution in [0.15, 0.2) is 0 Å². The van der Waals surface area contributed by atoms with E-state index in [9.17, 15) is 5.11 Å². The van der Waals surface area contributed by atoms with Gasteiger partial charge in [0, 0.05) is 13.5 Å². The van der Waals surface area contributed by atoms with Crippen molar-refractivity contribution in [2.75, 3.05) is 0 Å². The van der Waals surface area contributed by atoms with Crippen molar-refractivity contribution in [1.29, 1.82) is 0 Å². The van der Waals surface area contributed by atoms with Crippen molar-refractivity contribution in [2.45, 2.75) is 33.3 Å². The second-order valence-corrected chi connectivity index (χ2v) is 3.62. The summed E-state index contributed by atoms with van der Waals surface area (Å²) in [5.41, 5.74) is 0. The first kappa shape index (κ1) is 10.2. The molecule has 1 aromatic rings. The van der Waals surface area contributed by atoms with E-state index in [4.69, 9.17) is 0 Å². The van der Waals surface area contributed by atoms with Gasteiger partial charge in [-0.15, -0.1) is 0 Å². The molecule has 1 heterocycles. The van der Waals surface area contributed by atoms with Gasteiger partial charge < -0.3 is 5.11 Å². The Morgan fingerprint density at radius 3 is 2.46 bits per heavy atom.